The molecule has 0 amide bonds. The number of hydrogen-bond acceptors (Lipinski definition) is 4. The zero-order chi connectivity index (χ0) is 15.4. The Morgan fingerprint density at radius 2 is 2.00 bits per heavy atom. The second-order valence-electron chi connectivity index (χ2n) is 6.24. The summed E-state index contributed by atoms with van der Waals surface area (Å²) in [5, 5.41) is 3.34. The van der Waals surface area contributed by atoms with Crippen LogP contribution in [0.4, 0.5) is 5.69 Å². The van der Waals surface area contributed by atoms with Crippen LogP contribution in [0.3, 0.4) is 0 Å². The molecule has 1 saturated carbocycles. The van der Waals surface area contributed by atoms with Gasteiger partial charge in [0.2, 0.25) is 0 Å². The van der Waals surface area contributed by atoms with Crippen molar-refractivity contribution < 1.29 is 0 Å². The van der Waals surface area contributed by atoms with Crippen LogP contribution in [0.1, 0.15) is 37.1 Å². The zero-order valence-electron chi connectivity index (χ0n) is 13.3. The number of anilines is 1. The van der Waals surface area contributed by atoms with E-state index in [1.807, 2.05) is 24.3 Å². The Hall–Kier alpha value is -1.39. The first-order chi connectivity index (χ1) is 10.7. The number of thiazole rings is 1. The second kappa shape index (κ2) is 7.25. The molecule has 2 aromatic rings. The molecular weight excluding hydrogens is 290 g/mol. The summed E-state index contributed by atoms with van der Waals surface area (Å²) in [5.74, 6) is 0. The molecule has 118 valence electrons. The summed E-state index contributed by atoms with van der Waals surface area (Å²) < 4.78 is 0. The van der Waals surface area contributed by atoms with Gasteiger partial charge in [0.25, 0.3) is 0 Å². The van der Waals surface area contributed by atoms with E-state index in [2.05, 4.69) is 17.3 Å². The summed E-state index contributed by atoms with van der Waals surface area (Å²) in [6.07, 6.45) is 7.96. The fraction of sp³-hybridized carbons (Fsp3) is 0.500. The summed E-state index contributed by atoms with van der Waals surface area (Å²) in [6.45, 7) is 1.10. The van der Waals surface area contributed by atoms with Crippen molar-refractivity contribution in [2.75, 3.05) is 19.3 Å². The highest BCUT2D eigenvalue weighted by atomic mass is 32.1. The van der Waals surface area contributed by atoms with Crippen molar-refractivity contribution in [1.29, 1.82) is 0 Å². The van der Waals surface area contributed by atoms with Crippen molar-refractivity contribution >= 4 is 17.0 Å². The van der Waals surface area contributed by atoms with E-state index in [1.165, 1.54) is 37.1 Å². The molecular formula is C18H25N3S. The van der Waals surface area contributed by atoms with Gasteiger partial charge in [0.15, 0.2) is 0 Å². The Morgan fingerprint density at radius 1 is 1.23 bits per heavy atom. The van der Waals surface area contributed by atoms with Crippen LogP contribution in [0.25, 0.3) is 11.3 Å². The van der Waals surface area contributed by atoms with Gasteiger partial charge in [0.05, 0.1) is 10.7 Å². The minimum atomic E-state index is 0.776. The maximum absolute atomic E-state index is 6.04. The van der Waals surface area contributed by atoms with Crippen LogP contribution in [0.5, 0.6) is 0 Å². The van der Waals surface area contributed by atoms with Gasteiger partial charge in [-0.05, 0) is 26.0 Å². The minimum Gasteiger partial charge on any atom is -0.398 e. The number of benzene rings is 1. The fourth-order valence-corrected chi connectivity index (χ4v) is 4.04. The van der Waals surface area contributed by atoms with Crippen LogP contribution in [-0.2, 0) is 6.42 Å². The predicted molar refractivity (Wildman–Crippen MR) is 95.2 cm³/mol. The number of rotatable bonds is 5. The van der Waals surface area contributed by atoms with Crippen LogP contribution in [-0.4, -0.2) is 29.5 Å². The van der Waals surface area contributed by atoms with Gasteiger partial charge in [-0.1, -0.05) is 37.5 Å². The Kier molecular flexibility index (Phi) is 5.11. The van der Waals surface area contributed by atoms with Crippen LogP contribution >= 0.6 is 11.3 Å². The lowest BCUT2D eigenvalue weighted by Gasteiger charge is -2.30. The number of nitrogens with zero attached hydrogens (tertiary/aromatic N) is 2. The average molecular weight is 315 g/mol. The second-order valence-corrected chi connectivity index (χ2v) is 7.18. The summed E-state index contributed by atoms with van der Waals surface area (Å²) in [5.41, 5.74) is 8.90. The lowest BCUT2D eigenvalue weighted by atomic mass is 9.94. The molecule has 1 fully saturated rings. The third kappa shape index (κ3) is 3.68. The Labute approximate surface area is 137 Å². The van der Waals surface area contributed by atoms with Crippen molar-refractivity contribution in [3.05, 3.63) is 34.7 Å². The molecule has 1 aliphatic rings. The quantitative estimate of drug-likeness (QED) is 0.841. The molecule has 2 N–H and O–H groups in total. The third-order valence-corrected chi connectivity index (χ3v) is 5.57. The van der Waals surface area contributed by atoms with E-state index in [9.17, 15) is 0 Å². The molecule has 3 nitrogen and oxygen atoms in total. The largest absolute Gasteiger partial charge is 0.398 e. The molecule has 0 bridgehead atoms. The molecule has 0 radical (unpaired) electrons. The lowest BCUT2D eigenvalue weighted by Crippen LogP contribution is -2.34. The Bertz CT molecular complexity index is 602. The summed E-state index contributed by atoms with van der Waals surface area (Å²) in [4.78, 5) is 7.30. The highest BCUT2D eigenvalue weighted by Crippen LogP contribution is 2.27. The van der Waals surface area contributed by atoms with E-state index in [-0.39, 0.29) is 0 Å². The number of likely N-dealkylation sites (N-methyl/N-ethyl adjacent to an activating group) is 1. The first-order valence-electron chi connectivity index (χ1n) is 8.23. The zero-order valence-corrected chi connectivity index (χ0v) is 14.1. The van der Waals surface area contributed by atoms with E-state index >= 15 is 0 Å². The van der Waals surface area contributed by atoms with Crippen molar-refractivity contribution in [3.8, 4) is 11.3 Å². The molecule has 1 aromatic heterocycles. The van der Waals surface area contributed by atoms with E-state index in [1.54, 1.807) is 11.3 Å². The normalized spacial score (nSPS) is 16.3. The molecule has 1 aromatic carbocycles. The maximum Gasteiger partial charge on any atom is 0.0945 e. The van der Waals surface area contributed by atoms with Gasteiger partial charge in [0, 0.05) is 35.6 Å². The van der Waals surface area contributed by atoms with Crippen molar-refractivity contribution in [2.24, 2.45) is 0 Å². The maximum atomic E-state index is 6.04. The molecule has 4 heteroatoms. The first kappa shape index (κ1) is 15.5. The van der Waals surface area contributed by atoms with Crippen molar-refractivity contribution in [2.45, 2.75) is 44.6 Å². The van der Waals surface area contributed by atoms with Crippen LogP contribution in [0.2, 0.25) is 0 Å². The minimum absolute atomic E-state index is 0.776. The highest BCUT2D eigenvalue weighted by molar-refractivity contribution is 7.09. The molecule has 1 heterocycles. The average Bonchev–Trinajstić information content (AvgIpc) is 3.02. The van der Waals surface area contributed by atoms with Gasteiger partial charge in [-0.3, -0.25) is 0 Å². The number of para-hydroxylation sites is 1. The molecule has 22 heavy (non-hydrogen) atoms. The van der Waals surface area contributed by atoms with Gasteiger partial charge in [0.1, 0.15) is 0 Å². The molecule has 0 atom stereocenters. The molecule has 0 unspecified atom stereocenters. The third-order valence-electron chi connectivity index (χ3n) is 4.66. The highest BCUT2D eigenvalue weighted by Gasteiger charge is 2.18. The van der Waals surface area contributed by atoms with Gasteiger partial charge < -0.3 is 10.6 Å². The molecule has 3 rings (SSSR count). The monoisotopic (exact) mass is 315 g/mol. The summed E-state index contributed by atoms with van der Waals surface area (Å²) in [6, 6.07) is 8.73. The van der Waals surface area contributed by atoms with Gasteiger partial charge >= 0.3 is 0 Å². The van der Waals surface area contributed by atoms with Gasteiger partial charge in [-0.15, -0.1) is 11.3 Å². The number of aromatic nitrogens is 1. The predicted octanol–water partition coefficient (Wildman–Crippen LogP) is 4.20. The van der Waals surface area contributed by atoms with Crippen LogP contribution in [0, 0.1) is 0 Å². The number of hydrogen-bond donors (Lipinski definition) is 1. The van der Waals surface area contributed by atoms with E-state index in [0.29, 0.717) is 0 Å². The molecule has 0 spiro atoms. The fourth-order valence-electron chi connectivity index (χ4n) is 3.26. The molecule has 0 aliphatic heterocycles. The van der Waals surface area contributed by atoms with Gasteiger partial charge in [-0.2, -0.15) is 0 Å². The topological polar surface area (TPSA) is 42.2 Å². The van der Waals surface area contributed by atoms with E-state index in [4.69, 9.17) is 10.7 Å². The Morgan fingerprint density at radius 3 is 2.77 bits per heavy atom. The summed E-state index contributed by atoms with van der Waals surface area (Å²) in [7, 11) is 2.26. The molecule has 0 saturated heterocycles. The first-order valence-corrected chi connectivity index (χ1v) is 9.11. The van der Waals surface area contributed by atoms with Crippen molar-refractivity contribution in [1.82, 2.24) is 9.88 Å². The summed E-state index contributed by atoms with van der Waals surface area (Å²) >= 11 is 1.75. The van der Waals surface area contributed by atoms with Gasteiger partial charge in [-0.25, -0.2) is 4.98 Å². The number of nitrogens with two attached hydrogens (primary N) is 1. The van der Waals surface area contributed by atoms with Crippen LogP contribution < -0.4 is 5.73 Å². The van der Waals surface area contributed by atoms with Crippen LogP contribution in [0.15, 0.2) is 29.6 Å². The van der Waals surface area contributed by atoms with E-state index in [0.717, 1.165) is 36.0 Å². The smallest absolute Gasteiger partial charge is 0.0945 e. The van der Waals surface area contributed by atoms with E-state index < -0.39 is 0 Å². The van der Waals surface area contributed by atoms with Crippen molar-refractivity contribution in [3.63, 3.8) is 0 Å². The SMILES string of the molecule is CN(CCc1nc(-c2ccccc2N)cs1)C1CCCCC1. The Balaban J connectivity index is 1.59. The number of nitrogen functional groups attached to an aromatic ring is 1. The molecule has 1 aliphatic carbocycles. The standard InChI is InChI=1S/C18H25N3S/c1-21(14-7-3-2-4-8-14)12-11-18-20-17(13-22-18)15-9-5-6-10-16(15)19/h5-6,9-10,13-14H,2-4,7-8,11-12,19H2,1H3. The lowest BCUT2D eigenvalue weighted by molar-refractivity contribution is 0.194.